The molecule has 1 unspecified atom stereocenters. The van der Waals surface area contributed by atoms with Crippen molar-refractivity contribution in [2.45, 2.75) is 18.6 Å². The first-order valence-corrected chi connectivity index (χ1v) is 6.63. The fourth-order valence-corrected chi connectivity index (χ4v) is 1.64. The molecule has 1 rings (SSSR count). The number of phenols is 1. The van der Waals surface area contributed by atoms with Gasteiger partial charge in [0.25, 0.3) is 5.91 Å². The van der Waals surface area contributed by atoms with Crippen molar-refractivity contribution in [1.29, 1.82) is 0 Å². The number of hydrogen-bond acceptors (Lipinski definition) is 3. The Labute approximate surface area is 104 Å². The van der Waals surface area contributed by atoms with Gasteiger partial charge < -0.3 is 10.4 Å². The van der Waals surface area contributed by atoms with Crippen molar-refractivity contribution >= 4 is 17.7 Å². The number of carbonyl (C=O) groups is 1. The van der Waals surface area contributed by atoms with Gasteiger partial charge in [-0.25, -0.2) is 4.39 Å². The van der Waals surface area contributed by atoms with E-state index in [1.54, 1.807) is 11.8 Å². The molecule has 94 valence electrons. The molecule has 2 N–H and O–H groups in total. The highest BCUT2D eigenvalue weighted by Crippen LogP contribution is 2.15. The van der Waals surface area contributed by atoms with Crippen molar-refractivity contribution in [2.75, 3.05) is 12.8 Å². The van der Waals surface area contributed by atoms with Crippen molar-refractivity contribution in [3.63, 3.8) is 0 Å². The predicted octanol–water partition coefficient (Wildman–Crippen LogP) is 2.40. The second-order valence-corrected chi connectivity index (χ2v) is 5.03. The van der Waals surface area contributed by atoms with Gasteiger partial charge in [0.2, 0.25) is 0 Å². The third-order valence-electron chi connectivity index (χ3n) is 2.44. The molecule has 17 heavy (non-hydrogen) atoms. The topological polar surface area (TPSA) is 49.3 Å². The minimum atomic E-state index is -0.708. The van der Waals surface area contributed by atoms with E-state index in [9.17, 15) is 9.18 Å². The van der Waals surface area contributed by atoms with Crippen LogP contribution in [0.1, 0.15) is 23.7 Å². The van der Waals surface area contributed by atoms with Crippen molar-refractivity contribution in [1.82, 2.24) is 5.32 Å². The zero-order valence-corrected chi connectivity index (χ0v) is 10.7. The predicted molar refractivity (Wildman–Crippen MR) is 68.0 cm³/mol. The molecule has 0 aliphatic carbocycles. The van der Waals surface area contributed by atoms with E-state index < -0.39 is 11.7 Å². The first-order valence-electron chi connectivity index (χ1n) is 5.34. The number of carbonyl (C=O) groups excluding carboxylic acids is 1. The Morgan fingerprint density at radius 3 is 2.88 bits per heavy atom. The minimum Gasteiger partial charge on any atom is -0.508 e. The Kier molecular flexibility index (Phi) is 5.28. The molecule has 0 aromatic heterocycles. The maximum absolute atomic E-state index is 13.3. The number of phenolic OH excluding ortho intramolecular Hbond substituents is 1. The fourth-order valence-electron chi connectivity index (χ4n) is 1.29. The lowest BCUT2D eigenvalue weighted by Gasteiger charge is -2.09. The van der Waals surface area contributed by atoms with Gasteiger partial charge in [-0.15, -0.1) is 0 Å². The molecule has 0 saturated heterocycles. The molecule has 0 radical (unpaired) electrons. The number of hydrogen-bond donors (Lipinski definition) is 2. The van der Waals surface area contributed by atoms with Crippen LogP contribution in [0, 0.1) is 5.82 Å². The van der Waals surface area contributed by atoms with E-state index in [0.717, 1.165) is 12.5 Å². The Morgan fingerprint density at radius 1 is 1.59 bits per heavy atom. The Bertz CT molecular complexity index is 398. The smallest absolute Gasteiger partial charge is 0.254 e. The van der Waals surface area contributed by atoms with Crippen LogP contribution in [0.15, 0.2) is 18.2 Å². The summed E-state index contributed by atoms with van der Waals surface area (Å²) in [5, 5.41) is 12.1. The molecule has 1 aromatic rings. The Balaban J connectivity index is 2.52. The van der Waals surface area contributed by atoms with Crippen LogP contribution in [-0.4, -0.2) is 29.1 Å². The molecule has 0 aliphatic rings. The van der Waals surface area contributed by atoms with Gasteiger partial charge in [-0.2, -0.15) is 11.8 Å². The molecule has 1 aromatic carbocycles. The lowest BCUT2D eigenvalue weighted by Crippen LogP contribution is -2.26. The van der Waals surface area contributed by atoms with Gasteiger partial charge in [0.15, 0.2) is 0 Å². The average molecular weight is 257 g/mol. The van der Waals surface area contributed by atoms with Gasteiger partial charge in [-0.05, 0) is 24.8 Å². The van der Waals surface area contributed by atoms with Gasteiger partial charge >= 0.3 is 0 Å². The summed E-state index contributed by atoms with van der Waals surface area (Å²) in [6, 6.07) is 3.50. The maximum atomic E-state index is 13.3. The maximum Gasteiger partial charge on any atom is 0.254 e. The number of nitrogens with one attached hydrogen (secondary N) is 1. The van der Waals surface area contributed by atoms with E-state index in [2.05, 4.69) is 12.2 Å². The molecular weight excluding hydrogens is 241 g/mol. The van der Waals surface area contributed by atoms with E-state index in [1.165, 1.54) is 12.1 Å². The highest BCUT2D eigenvalue weighted by molar-refractivity contribution is 7.99. The largest absolute Gasteiger partial charge is 0.508 e. The van der Waals surface area contributed by atoms with Gasteiger partial charge in [0, 0.05) is 17.9 Å². The number of thioether (sulfide) groups is 1. The van der Waals surface area contributed by atoms with Crippen LogP contribution in [-0.2, 0) is 0 Å². The number of rotatable bonds is 5. The normalized spacial score (nSPS) is 12.2. The average Bonchev–Trinajstić information content (AvgIpc) is 2.28. The third-order valence-corrected chi connectivity index (χ3v) is 3.48. The molecular formula is C12H16FNO2S. The SMILES string of the molecule is CSC(C)CCNC(=O)c1ccc(O)cc1F. The van der Waals surface area contributed by atoms with Gasteiger partial charge in [-0.3, -0.25) is 4.79 Å². The van der Waals surface area contributed by atoms with E-state index in [4.69, 9.17) is 5.11 Å². The second-order valence-electron chi connectivity index (χ2n) is 3.76. The summed E-state index contributed by atoms with van der Waals surface area (Å²) in [5.41, 5.74) is -0.0420. The summed E-state index contributed by atoms with van der Waals surface area (Å²) in [5.74, 6) is -1.34. The first kappa shape index (κ1) is 13.8. The van der Waals surface area contributed by atoms with Crippen molar-refractivity contribution < 1.29 is 14.3 Å². The minimum absolute atomic E-state index is 0.0420. The van der Waals surface area contributed by atoms with Crippen LogP contribution >= 0.6 is 11.8 Å². The number of benzene rings is 1. The van der Waals surface area contributed by atoms with E-state index in [1.807, 2.05) is 6.26 Å². The molecule has 0 bridgehead atoms. The van der Waals surface area contributed by atoms with E-state index in [0.29, 0.717) is 11.8 Å². The fraction of sp³-hybridized carbons (Fsp3) is 0.417. The second kappa shape index (κ2) is 6.49. The van der Waals surface area contributed by atoms with Crippen LogP contribution in [0.25, 0.3) is 0 Å². The lowest BCUT2D eigenvalue weighted by atomic mass is 10.2. The third kappa shape index (κ3) is 4.26. The molecule has 0 aliphatic heterocycles. The van der Waals surface area contributed by atoms with Gasteiger partial charge in [-0.1, -0.05) is 6.92 Å². The van der Waals surface area contributed by atoms with E-state index in [-0.39, 0.29) is 11.3 Å². The van der Waals surface area contributed by atoms with Crippen LogP contribution < -0.4 is 5.32 Å². The zero-order chi connectivity index (χ0) is 12.8. The molecule has 0 fully saturated rings. The molecule has 1 amide bonds. The monoisotopic (exact) mass is 257 g/mol. The summed E-state index contributed by atoms with van der Waals surface area (Å²) < 4.78 is 13.3. The van der Waals surface area contributed by atoms with Crippen molar-refractivity contribution in [3.05, 3.63) is 29.6 Å². The van der Waals surface area contributed by atoms with Gasteiger partial charge in [0.05, 0.1) is 5.56 Å². The first-order chi connectivity index (χ1) is 8.04. The highest BCUT2D eigenvalue weighted by atomic mass is 32.2. The number of halogens is 1. The summed E-state index contributed by atoms with van der Waals surface area (Å²) >= 11 is 1.72. The molecule has 0 saturated carbocycles. The van der Waals surface area contributed by atoms with Crippen molar-refractivity contribution in [2.24, 2.45) is 0 Å². The van der Waals surface area contributed by atoms with Crippen molar-refractivity contribution in [3.8, 4) is 5.75 Å². The molecule has 1 atom stereocenters. The molecule has 0 spiro atoms. The molecule has 3 nitrogen and oxygen atoms in total. The zero-order valence-electron chi connectivity index (χ0n) is 9.87. The lowest BCUT2D eigenvalue weighted by molar-refractivity contribution is 0.0949. The van der Waals surface area contributed by atoms with Crippen LogP contribution in [0.2, 0.25) is 0 Å². The van der Waals surface area contributed by atoms with Crippen LogP contribution in [0.5, 0.6) is 5.75 Å². The number of aromatic hydroxyl groups is 1. The summed E-state index contributed by atoms with van der Waals surface area (Å²) in [6.45, 7) is 2.58. The quantitative estimate of drug-likeness (QED) is 0.851. The van der Waals surface area contributed by atoms with Crippen LogP contribution in [0.3, 0.4) is 0 Å². The molecule has 0 heterocycles. The van der Waals surface area contributed by atoms with E-state index >= 15 is 0 Å². The Hall–Kier alpha value is -1.23. The molecule has 5 heteroatoms. The summed E-state index contributed by atoms with van der Waals surface area (Å²) in [7, 11) is 0. The summed E-state index contributed by atoms with van der Waals surface area (Å²) in [6.07, 6.45) is 2.85. The summed E-state index contributed by atoms with van der Waals surface area (Å²) in [4.78, 5) is 11.6. The van der Waals surface area contributed by atoms with Crippen LogP contribution in [0.4, 0.5) is 4.39 Å². The highest BCUT2D eigenvalue weighted by Gasteiger charge is 2.11. The van der Waals surface area contributed by atoms with Gasteiger partial charge in [0.1, 0.15) is 11.6 Å². The standard InChI is InChI=1S/C12H16FNO2S/c1-8(17-2)5-6-14-12(16)10-4-3-9(15)7-11(10)13/h3-4,7-8,15H,5-6H2,1-2H3,(H,14,16). The number of amides is 1. The Morgan fingerprint density at radius 2 is 2.29 bits per heavy atom.